The van der Waals surface area contributed by atoms with Crippen molar-refractivity contribution in [2.24, 2.45) is 0 Å². The Hall–Kier alpha value is -1.44. The molecule has 0 atom stereocenters. The number of rotatable bonds is 6. The van der Waals surface area contributed by atoms with Crippen LogP contribution in [0.5, 0.6) is 0 Å². The van der Waals surface area contributed by atoms with Crippen LogP contribution in [0.1, 0.15) is 0 Å². The molecule has 0 unspecified atom stereocenters. The van der Waals surface area contributed by atoms with Crippen molar-refractivity contribution in [2.75, 3.05) is 37.8 Å². The van der Waals surface area contributed by atoms with Gasteiger partial charge >= 0.3 is 0 Å². The van der Waals surface area contributed by atoms with E-state index in [2.05, 4.69) is 41.4 Å². The summed E-state index contributed by atoms with van der Waals surface area (Å²) in [6.45, 7) is 1.64. The number of likely N-dealkylation sites (N-methyl/N-ethyl adjacent to an activating group) is 1. The van der Waals surface area contributed by atoms with Gasteiger partial charge in [-0.1, -0.05) is 11.6 Å². The average molecular weight is 389 g/mol. The molecule has 118 valence electrons. The van der Waals surface area contributed by atoms with Crippen LogP contribution in [0.15, 0.2) is 28.9 Å². The van der Waals surface area contributed by atoms with Gasteiger partial charge in [0.15, 0.2) is 0 Å². The first-order valence-corrected chi connectivity index (χ1v) is 7.76. The number of nitrogens with one attached hydrogen (secondary N) is 2. The molecule has 22 heavy (non-hydrogen) atoms. The molecular formula is C14H16BrClFN5. The van der Waals surface area contributed by atoms with E-state index in [9.17, 15) is 4.39 Å². The third-order valence-electron chi connectivity index (χ3n) is 2.77. The molecule has 0 bridgehead atoms. The van der Waals surface area contributed by atoms with E-state index in [1.54, 1.807) is 12.3 Å². The molecule has 2 N–H and O–H groups in total. The molecule has 0 aliphatic heterocycles. The normalized spacial score (nSPS) is 10.8. The minimum absolute atomic E-state index is 0.0476. The fraction of sp³-hybridized carbons (Fsp3) is 0.286. The van der Waals surface area contributed by atoms with Gasteiger partial charge in [0.05, 0.1) is 9.50 Å². The highest BCUT2D eigenvalue weighted by Gasteiger charge is 2.07. The molecule has 1 aromatic carbocycles. The van der Waals surface area contributed by atoms with Gasteiger partial charge in [0.25, 0.3) is 0 Å². The number of hydrogen-bond donors (Lipinski definition) is 2. The molecule has 1 heterocycles. The summed E-state index contributed by atoms with van der Waals surface area (Å²) in [4.78, 5) is 10.6. The van der Waals surface area contributed by atoms with Crippen molar-refractivity contribution in [1.29, 1.82) is 0 Å². The minimum Gasteiger partial charge on any atom is -0.368 e. The molecule has 0 aliphatic rings. The molecular weight excluding hydrogens is 373 g/mol. The number of nitrogens with zero attached hydrogens (tertiary/aromatic N) is 3. The molecule has 5 nitrogen and oxygen atoms in total. The maximum absolute atomic E-state index is 13.1. The van der Waals surface area contributed by atoms with E-state index in [4.69, 9.17) is 11.6 Å². The van der Waals surface area contributed by atoms with Gasteiger partial charge in [0.2, 0.25) is 5.95 Å². The van der Waals surface area contributed by atoms with Crippen LogP contribution in [-0.2, 0) is 0 Å². The van der Waals surface area contributed by atoms with E-state index in [1.165, 1.54) is 12.1 Å². The number of hydrogen-bond acceptors (Lipinski definition) is 5. The molecule has 0 aliphatic carbocycles. The predicted octanol–water partition coefficient (Wildman–Crippen LogP) is 3.75. The van der Waals surface area contributed by atoms with Crippen LogP contribution in [-0.4, -0.2) is 42.1 Å². The van der Waals surface area contributed by atoms with E-state index in [0.717, 1.165) is 17.6 Å². The monoisotopic (exact) mass is 387 g/mol. The third kappa shape index (κ3) is 4.79. The summed E-state index contributed by atoms with van der Waals surface area (Å²) in [6, 6.07) is 4.35. The first-order valence-electron chi connectivity index (χ1n) is 6.59. The van der Waals surface area contributed by atoms with Crippen molar-refractivity contribution in [3.63, 3.8) is 0 Å². The topological polar surface area (TPSA) is 53.1 Å². The van der Waals surface area contributed by atoms with Crippen molar-refractivity contribution in [1.82, 2.24) is 14.9 Å². The third-order valence-corrected chi connectivity index (χ3v) is 3.64. The van der Waals surface area contributed by atoms with Crippen LogP contribution in [0, 0.1) is 5.82 Å². The standard InChI is InChI=1S/C14H16BrClFN5/c1-22(2)6-5-18-13-10(15)8-19-14(21-13)20-9-3-4-12(17)11(16)7-9/h3-4,7-8H,5-6H2,1-2H3,(H2,18,19,20,21). The smallest absolute Gasteiger partial charge is 0.229 e. The zero-order chi connectivity index (χ0) is 16.1. The molecule has 1 aromatic heterocycles. The molecule has 8 heteroatoms. The van der Waals surface area contributed by atoms with Crippen LogP contribution in [0.4, 0.5) is 21.8 Å². The van der Waals surface area contributed by atoms with Crippen molar-refractivity contribution in [3.8, 4) is 0 Å². The lowest BCUT2D eigenvalue weighted by molar-refractivity contribution is 0.425. The Labute approximate surface area is 142 Å². The highest BCUT2D eigenvalue weighted by atomic mass is 79.9. The van der Waals surface area contributed by atoms with Gasteiger partial charge in [0.1, 0.15) is 11.6 Å². The maximum atomic E-state index is 13.1. The molecule has 2 aromatic rings. The summed E-state index contributed by atoms with van der Waals surface area (Å²) in [5, 5.41) is 6.27. The summed E-state index contributed by atoms with van der Waals surface area (Å²) in [7, 11) is 4.00. The van der Waals surface area contributed by atoms with Crippen LogP contribution in [0.3, 0.4) is 0 Å². The summed E-state index contributed by atoms with van der Waals surface area (Å²) < 4.78 is 13.9. The zero-order valence-corrected chi connectivity index (χ0v) is 14.5. The molecule has 0 radical (unpaired) electrons. The number of aromatic nitrogens is 2. The van der Waals surface area contributed by atoms with Gasteiger partial charge in [-0.25, -0.2) is 9.37 Å². The lowest BCUT2D eigenvalue weighted by Gasteiger charge is -2.13. The van der Waals surface area contributed by atoms with Crippen LogP contribution < -0.4 is 10.6 Å². The van der Waals surface area contributed by atoms with Gasteiger partial charge < -0.3 is 15.5 Å². The second kappa shape index (κ2) is 7.71. The van der Waals surface area contributed by atoms with Crippen molar-refractivity contribution >= 4 is 45.0 Å². The second-order valence-electron chi connectivity index (χ2n) is 4.87. The lowest BCUT2D eigenvalue weighted by Crippen LogP contribution is -2.21. The van der Waals surface area contributed by atoms with Gasteiger partial charge in [-0.2, -0.15) is 4.98 Å². The summed E-state index contributed by atoms with van der Waals surface area (Å²) >= 11 is 9.16. The van der Waals surface area contributed by atoms with Gasteiger partial charge in [-0.3, -0.25) is 0 Å². The summed E-state index contributed by atoms with van der Waals surface area (Å²) in [5.74, 6) is 0.626. The SMILES string of the molecule is CN(C)CCNc1nc(Nc2ccc(F)c(Cl)c2)ncc1Br. The maximum Gasteiger partial charge on any atom is 0.229 e. The first-order chi connectivity index (χ1) is 10.5. The fourth-order valence-electron chi connectivity index (χ4n) is 1.65. The Morgan fingerprint density at radius 2 is 2.14 bits per heavy atom. The van der Waals surface area contributed by atoms with Crippen molar-refractivity contribution < 1.29 is 4.39 Å². The van der Waals surface area contributed by atoms with Gasteiger partial charge in [0, 0.05) is 25.0 Å². The highest BCUT2D eigenvalue weighted by molar-refractivity contribution is 9.10. The first kappa shape index (κ1) is 16.9. The Morgan fingerprint density at radius 1 is 1.36 bits per heavy atom. The van der Waals surface area contributed by atoms with E-state index < -0.39 is 5.82 Å². The van der Waals surface area contributed by atoms with E-state index in [1.807, 2.05) is 14.1 Å². The number of anilines is 3. The highest BCUT2D eigenvalue weighted by Crippen LogP contribution is 2.24. The molecule has 0 saturated carbocycles. The Bertz CT molecular complexity index is 653. The lowest BCUT2D eigenvalue weighted by atomic mass is 10.3. The second-order valence-corrected chi connectivity index (χ2v) is 6.14. The minimum atomic E-state index is -0.463. The molecule has 0 spiro atoms. The van der Waals surface area contributed by atoms with E-state index in [-0.39, 0.29) is 5.02 Å². The van der Waals surface area contributed by atoms with Crippen molar-refractivity contribution in [2.45, 2.75) is 0 Å². The van der Waals surface area contributed by atoms with Gasteiger partial charge in [-0.15, -0.1) is 0 Å². The quantitative estimate of drug-likeness (QED) is 0.789. The molecule has 0 fully saturated rings. The van der Waals surface area contributed by atoms with Crippen molar-refractivity contribution in [3.05, 3.63) is 39.7 Å². The fourth-order valence-corrected chi connectivity index (χ4v) is 2.16. The summed E-state index contributed by atoms with van der Waals surface area (Å²) in [6.07, 6.45) is 1.65. The summed E-state index contributed by atoms with van der Waals surface area (Å²) in [5.41, 5.74) is 0.618. The van der Waals surface area contributed by atoms with E-state index in [0.29, 0.717) is 17.5 Å². The molecule has 0 amide bonds. The average Bonchev–Trinajstić information content (AvgIpc) is 2.46. The largest absolute Gasteiger partial charge is 0.368 e. The molecule has 2 rings (SSSR count). The zero-order valence-electron chi connectivity index (χ0n) is 12.2. The Balaban J connectivity index is 2.09. The Morgan fingerprint density at radius 3 is 2.82 bits per heavy atom. The number of halogens is 3. The van der Waals surface area contributed by atoms with Gasteiger partial charge in [-0.05, 0) is 48.2 Å². The Kier molecular flexibility index (Phi) is 5.93. The predicted molar refractivity (Wildman–Crippen MR) is 91.5 cm³/mol. The van der Waals surface area contributed by atoms with Crippen LogP contribution >= 0.6 is 27.5 Å². The molecule has 0 saturated heterocycles. The van der Waals surface area contributed by atoms with Crippen LogP contribution in [0.2, 0.25) is 5.02 Å². The van der Waals surface area contributed by atoms with E-state index >= 15 is 0 Å². The van der Waals surface area contributed by atoms with Crippen LogP contribution in [0.25, 0.3) is 0 Å². The number of benzene rings is 1.